The first-order valence-corrected chi connectivity index (χ1v) is 7.22. The molecule has 0 radical (unpaired) electrons. The molecule has 0 amide bonds. The lowest BCUT2D eigenvalue weighted by atomic mass is 10.2. The van der Waals surface area contributed by atoms with Crippen molar-refractivity contribution in [1.29, 1.82) is 0 Å². The summed E-state index contributed by atoms with van der Waals surface area (Å²) in [5.41, 5.74) is -0.521. The van der Waals surface area contributed by atoms with Crippen LogP contribution >= 0.6 is 0 Å². The first kappa shape index (κ1) is 15.7. The summed E-state index contributed by atoms with van der Waals surface area (Å²) in [7, 11) is 0. The predicted molar refractivity (Wildman–Crippen MR) is 84.7 cm³/mol. The van der Waals surface area contributed by atoms with Crippen LogP contribution in [0, 0.1) is 5.82 Å². The average molecular weight is 328 g/mol. The van der Waals surface area contributed by atoms with Gasteiger partial charge >= 0.3 is 11.6 Å². The molecule has 1 heterocycles. The number of esters is 1. The highest BCUT2D eigenvalue weighted by Crippen LogP contribution is 2.13. The third-order valence-corrected chi connectivity index (χ3v) is 3.26. The van der Waals surface area contributed by atoms with Gasteiger partial charge in [-0.3, -0.25) is 0 Å². The largest absolute Gasteiger partial charge is 0.490 e. The minimum absolute atomic E-state index is 0.0531. The monoisotopic (exact) mass is 328 g/mol. The van der Waals surface area contributed by atoms with Crippen LogP contribution in [0.15, 0.2) is 63.8 Å². The molecular weight excluding hydrogens is 315 g/mol. The Hall–Kier alpha value is -3.15. The highest BCUT2D eigenvalue weighted by atomic mass is 19.1. The standard InChI is InChI=1S/C18H13FO5/c19-13-5-7-14(8-6-13)22-9-10-23-17(20)15-11-12-3-1-2-4-16(12)24-18(15)21/h1-8,11H,9-10H2. The minimum atomic E-state index is -0.780. The van der Waals surface area contributed by atoms with E-state index in [1.165, 1.54) is 30.3 Å². The van der Waals surface area contributed by atoms with Crippen LogP contribution in [-0.2, 0) is 4.74 Å². The van der Waals surface area contributed by atoms with Crippen LogP contribution < -0.4 is 10.4 Å². The average Bonchev–Trinajstić information content (AvgIpc) is 2.59. The van der Waals surface area contributed by atoms with Gasteiger partial charge in [0.2, 0.25) is 0 Å². The van der Waals surface area contributed by atoms with Crippen molar-refractivity contribution in [3.63, 3.8) is 0 Å². The van der Waals surface area contributed by atoms with Gasteiger partial charge in [0.25, 0.3) is 0 Å². The second kappa shape index (κ2) is 6.95. The number of halogens is 1. The summed E-state index contributed by atoms with van der Waals surface area (Å²) in [5, 5.41) is 0.631. The molecule has 6 heteroatoms. The summed E-state index contributed by atoms with van der Waals surface area (Å²) in [6.45, 7) is 0.0266. The quantitative estimate of drug-likeness (QED) is 0.409. The molecule has 0 aliphatic heterocycles. The van der Waals surface area contributed by atoms with E-state index in [4.69, 9.17) is 13.9 Å². The number of rotatable bonds is 5. The molecule has 2 aromatic carbocycles. The maximum Gasteiger partial charge on any atom is 0.351 e. The van der Waals surface area contributed by atoms with Crippen LogP contribution in [0.25, 0.3) is 11.0 Å². The molecule has 0 atom stereocenters. The van der Waals surface area contributed by atoms with Gasteiger partial charge in [-0.1, -0.05) is 18.2 Å². The van der Waals surface area contributed by atoms with Crippen LogP contribution in [0.4, 0.5) is 4.39 Å². The van der Waals surface area contributed by atoms with E-state index in [-0.39, 0.29) is 24.6 Å². The van der Waals surface area contributed by atoms with Crippen molar-refractivity contribution in [3.8, 4) is 5.75 Å². The topological polar surface area (TPSA) is 65.7 Å². The van der Waals surface area contributed by atoms with Crippen LogP contribution in [0.2, 0.25) is 0 Å². The fourth-order valence-corrected chi connectivity index (χ4v) is 2.11. The molecule has 0 N–H and O–H groups in total. The van der Waals surface area contributed by atoms with Crippen molar-refractivity contribution in [2.45, 2.75) is 0 Å². The van der Waals surface area contributed by atoms with Gasteiger partial charge in [-0.15, -0.1) is 0 Å². The van der Waals surface area contributed by atoms with Gasteiger partial charge in [-0.2, -0.15) is 0 Å². The highest BCUT2D eigenvalue weighted by molar-refractivity contribution is 5.92. The lowest BCUT2D eigenvalue weighted by Crippen LogP contribution is -2.19. The smallest absolute Gasteiger partial charge is 0.351 e. The Morgan fingerprint density at radius 1 is 1.04 bits per heavy atom. The molecule has 0 aliphatic rings. The second-order valence-corrected chi connectivity index (χ2v) is 4.92. The maximum atomic E-state index is 12.8. The molecule has 24 heavy (non-hydrogen) atoms. The number of para-hydroxylation sites is 1. The number of ether oxygens (including phenoxy) is 2. The minimum Gasteiger partial charge on any atom is -0.490 e. The van der Waals surface area contributed by atoms with Gasteiger partial charge in [0.1, 0.15) is 35.9 Å². The number of hydrogen-bond acceptors (Lipinski definition) is 5. The van der Waals surface area contributed by atoms with Crippen LogP contribution in [0.3, 0.4) is 0 Å². The SMILES string of the molecule is O=C(OCCOc1ccc(F)cc1)c1cc2ccccc2oc1=O. The van der Waals surface area contributed by atoms with E-state index >= 15 is 0 Å². The number of benzene rings is 2. The van der Waals surface area contributed by atoms with E-state index in [0.29, 0.717) is 16.7 Å². The molecule has 0 aliphatic carbocycles. The third kappa shape index (κ3) is 3.60. The van der Waals surface area contributed by atoms with E-state index in [2.05, 4.69) is 0 Å². The lowest BCUT2D eigenvalue weighted by molar-refractivity contribution is 0.0446. The molecular formula is C18H13FO5. The molecule has 5 nitrogen and oxygen atoms in total. The van der Waals surface area contributed by atoms with E-state index in [0.717, 1.165) is 0 Å². The Morgan fingerprint density at radius 2 is 1.79 bits per heavy atom. The fourth-order valence-electron chi connectivity index (χ4n) is 2.11. The summed E-state index contributed by atoms with van der Waals surface area (Å²) < 4.78 is 28.1. The Balaban J connectivity index is 1.60. The summed E-state index contributed by atoms with van der Waals surface area (Å²) in [6.07, 6.45) is 0. The van der Waals surface area contributed by atoms with Gasteiger partial charge in [-0.05, 0) is 36.4 Å². The Kier molecular flexibility index (Phi) is 4.56. The molecule has 0 bridgehead atoms. The molecule has 3 rings (SSSR count). The van der Waals surface area contributed by atoms with Crippen LogP contribution in [-0.4, -0.2) is 19.2 Å². The number of hydrogen-bond donors (Lipinski definition) is 0. The molecule has 0 spiro atoms. The number of fused-ring (bicyclic) bond motifs is 1. The highest BCUT2D eigenvalue weighted by Gasteiger charge is 2.15. The molecule has 3 aromatic rings. The van der Waals surface area contributed by atoms with E-state index in [1.54, 1.807) is 24.3 Å². The molecule has 122 valence electrons. The predicted octanol–water partition coefficient (Wildman–Crippen LogP) is 3.17. The van der Waals surface area contributed by atoms with Crippen LogP contribution in [0.1, 0.15) is 10.4 Å². The Labute approximate surface area is 136 Å². The summed E-state index contributed by atoms with van der Waals surface area (Å²) in [5.74, 6) is -0.688. The van der Waals surface area contributed by atoms with Gasteiger partial charge in [-0.25, -0.2) is 14.0 Å². The third-order valence-electron chi connectivity index (χ3n) is 3.26. The van der Waals surface area contributed by atoms with E-state index in [1.807, 2.05) is 0 Å². The Bertz CT molecular complexity index is 915. The van der Waals surface area contributed by atoms with E-state index in [9.17, 15) is 14.0 Å². The molecule has 0 unspecified atom stereocenters. The molecule has 0 saturated carbocycles. The van der Waals surface area contributed by atoms with Crippen molar-refractivity contribution < 1.29 is 23.1 Å². The molecule has 1 aromatic heterocycles. The molecule has 0 saturated heterocycles. The molecule has 0 fully saturated rings. The van der Waals surface area contributed by atoms with Gasteiger partial charge < -0.3 is 13.9 Å². The van der Waals surface area contributed by atoms with Gasteiger partial charge in [0.15, 0.2) is 0 Å². The maximum absolute atomic E-state index is 12.8. The van der Waals surface area contributed by atoms with Crippen molar-refractivity contribution in [2.24, 2.45) is 0 Å². The van der Waals surface area contributed by atoms with E-state index < -0.39 is 11.6 Å². The van der Waals surface area contributed by atoms with Crippen LogP contribution in [0.5, 0.6) is 5.75 Å². The zero-order chi connectivity index (χ0) is 16.9. The summed E-state index contributed by atoms with van der Waals surface area (Å²) in [4.78, 5) is 23.8. The summed E-state index contributed by atoms with van der Waals surface area (Å²) in [6, 6.07) is 13.8. The fraction of sp³-hybridized carbons (Fsp3) is 0.111. The number of carbonyl (C=O) groups excluding carboxylic acids is 1. The number of carbonyl (C=O) groups is 1. The van der Waals surface area contributed by atoms with Crippen molar-refractivity contribution in [3.05, 3.63) is 76.4 Å². The normalized spacial score (nSPS) is 10.5. The lowest BCUT2D eigenvalue weighted by Gasteiger charge is -2.07. The van der Waals surface area contributed by atoms with Crippen molar-refractivity contribution >= 4 is 16.9 Å². The summed E-state index contributed by atoms with van der Waals surface area (Å²) >= 11 is 0. The zero-order valence-electron chi connectivity index (χ0n) is 12.5. The first-order valence-electron chi connectivity index (χ1n) is 7.22. The Morgan fingerprint density at radius 3 is 2.58 bits per heavy atom. The van der Waals surface area contributed by atoms with Gasteiger partial charge in [0, 0.05) is 5.39 Å². The van der Waals surface area contributed by atoms with Crippen molar-refractivity contribution in [1.82, 2.24) is 0 Å². The zero-order valence-corrected chi connectivity index (χ0v) is 12.5. The second-order valence-electron chi connectivity index (χ2n) is 4.92. The van der Waals surface area contributed by atoms with Gasteiger partial charge in [0.05, 0.1) is 0 Å². The van der Waals surface area contributed by atoms with Crippen molar-refractivity contribution in [2.75, 3.05) is 13.2 Å². The first-order chi connectivity index (χ1) is 11.6.